The van der Waals surface area contributed by atoms with Crippen molar-refractivity contribution in [2.45, 2.75) is 66.2 Å². The summed E-state index contributed by atoms with van der Waals surface area (Å²) in [5.74, 6) is 0.857. The average Bonchev–Trinajstić information content (AvgIpc) is 2.88. The lowest BCUT2D eigenvalue weighted by Crippen LogP contribution is -2.19. The average molecular weight is 582 g/mol. The van der Waals surface area contributed by atoms with Crippen LogP contribution in [-0.2, 0) is 10.8 Å². The highest BCUT2D eigenvalue weighted by atomic mass is 35.5. The van der Waals surface area contributed by atoms with Crippen molar-refractivity contribution < 1.29 is 20.4 Å². The van der Waals surface area contributed by atoms with Crippen molar-refractivity contribution in [2.24, 2.45) is 0 Å². The molecule has 4 aromatic rings. The van der Waals surface area contributed by atoms with Crippen molar-refractivity contribution in [2.75, 3.05) is 0 Å². The number of rotatable bonds is 4. The Hall–Kier alpha value is -3.34. The summed E-state index contributed by atoms with van der Waals surface area (Å²) >= 11 is 11.9. The number of hydrogen-bond acceptors (Lipinski definition) is 4. The summed E-state index contributed by atoms with van der Waals surface area (Å²) in [6, 6.07) is 18.4. The fourth-order valence-electron chi connectivity index (χ4n) is 4.76. The van der Waals surface area contributed by atoms with E-state index < -0.39 is 0 Å². The minimum atomic E-state index is -0.339. The monoisotopic (exact) mass is 580 g/mol. The van der Waals surface area contributed by atoms with Gasteiger partial charge in [-0.05, 0) is 96.5 Å². The van der Waals surface area contributed by atoms with Crippen LogP contribution in [-0.4, -0.2) is 20.4 Å². The largest absolute Gasteiger partial charge is 0.507 e. The van der Waals surface area contributed by atoms with Crippen LogP contribution < -0.4 is 0 Å². The summed E-state index contributed by atoms with van der Waals surface area (Å²) in [7, 11) is 0. The Morgan fingerprint density at radius 2 is 0.725 bits per heavy atom. The van der Waals surface area contributed by atoms with E-state index in [1.165, 1.54) is 11.1 Å². The van der Waals surface area contributed by atoms with Crippen LogP contribution in [0.4, 0.5) is 0 Å². The Morgan fingerprint density at radius 1 is 0.450 bits per heavy atom. The Bertz CT molecular complexity index is 1400. The lowest BCUT2D eigenvalue weighted by Gasteiger charge is -2.28. The van der Waals surface area contributed by atoms with E-state index in [-0.39, 0.29) is 22.3 Å². The predicted octanol–water partition coefficient (Wildman–Crippen LogP) is 9.39. The van der Waals surface area contributed by atoms with Gasteiger partial charge in [-0.3, -0.25) is 0 Å². The zero-order valence-electron chi connectivity index (χ0n) is 24.3. The topological polar surface area (TPSA) is 80.9 Å². The minimum Gasteiger partial charge on any atom is -0.507 e. The third-order valence-electron chi connectivity index (χ3n) is 7.76. The first kappa shape index (κ1) is 31.2. The molecule has 0 aliphatic heterocycles. The second-order valence-corrected chi connectivity index (χ2v) is 12.3. The van der Waals surface area contributed by atoms with Crippen LogP contribution in [0.15, 0.2) is 60.7 Å². The van der Waals surface area contributed by atoms with Crippen LogP contribution in [0.2, 0.25) is 10.0 Å². The number of phenolic OH excluding ortho intramolecular Hbond substituents is 4. The van der Waals surface area contributed by atoms with Crippen molar-refractivity contribution in [3.63, 3.8) is 0 Å². The molecule has 212 valence electrons. The van der Waals surface area contributed by atoms with Crippen molar-refractivity contribution in [3.8, 4) is 23.0 Å². The van der Waals surface area contributed by atoms with Gasteiger partial charge in [0, 0.05) is 10.8 Å². The number of benzene rings is 4. The fraction of sp³-hybridized carbons (Fsp3) is 0.294. The maximum atomic E-state index is 9.96. The molecule has 0 atom stereocenters. The predicted molar refractivity (Wildman–Crippen MR) is 166 cm³/mol. The lowest BCUT2D eigenvalue weighted by atomic mass is 9.76. The first-order valence-electron chi connectivity index (χ1n) is 13.1. The van der Waals surface area contributed by atoms with E-state index in [9.17, 15) is 20.4 Å². The second-order valence-electron chi connectivity index (χ2n) is 11.5. The molecule has 0 aromatic heterocycles. The molecule has 0 radical (unpaired) electrons. The molecule has 6 heteroatoms. The SMILES string of the molecule is CC(C)(c1ccc(O)c(Cl)c1)c1ccc(O)c(Cl)c1.Cc1cc(C(C)(C)c2cc(C)c(O)c(C)c2)cc(C)c1O. The van der Waals surface area contributed by atoms with Gasteiger partial charge in [-0.15, -0.1) is 0 Å². The standard InChI is InChI=1S/C19H24O2.C15H14Cl2O2/c1-11-7-15(8-12(2)17(11)20)19(5,6)16-9-13(3)18(21)14(4)10-16;1-15(2,9-3-5-13(18)11(16)7-9)10-4-6-14(19)12(17)8-10/h7-10,20-21H,1-6H3;3-8,18-19H,1-2H3. The van der Waals surface area contributed by atoms with Crippen LogP contribution in [0.5, 0.6) is 23.0 Å². The first-order valence-corrected chi connectivity index (χ1v) is 13.8. The molecule has 0 bridgehead atoms. The van der Waals surface area contributed by atoms with Crippen LogP contribution in [0.3, 0.4) is 0 Å². The van der Waals surface area contributed by atoms with E-state index in [1.807, 2.05) is 77.9 Å². The summed E-state index contributed by atoms with van der Waals surface area (Å²) in [6.07, 6.45) is 0. The van der Waals surface area contributed by atoms with E-state index in [1.54, 1.807) is 24.3 Å². The Morgan fingerprint density at radius 3 is 1.00 bits per heavy atom. The highest BCUT2D eigenvalue weighted by Crippen LogP contribution is 2.39. The van der Waals surface area contributed by atoms with Gasteiger partial charge in [0.15, 0.2) is 0 Å². The maximum Gasteiger partial charge on any atom is 0.134 e. The van der Waals surface area contributed by atoms with E-state index in [0.29, 0.717) is 21.5 Å². The molecule has 0 amide bonds. The third-order valence-corrected chi connectivity index (χ3v) is 8.37. The number of phenols is 4. The smallest absolute Gasteiger partial charge is 0.134 e. The molecular weight excluding hydrogens is 543 g/mol. The Balaban J connectivity index is 0.000000222. The maximum absolute atomic E-state index is 9.96. The van der Waals surface area contributed by atoms with Crippen LogP contribution in [0, 0.1) is 27.7 Å². The molecule has 0 saturated carbocycles. The number of halogens is 2. The van der Waals surface area contributed by atoms with Gasteiger partial charge in [0.25, 0.3) is 0 Å². The molecule has 40 heavy (non-hydrogen) atoms. The van der Waals surface area contributed by atoms with E-state index in [4.69, 9.17) is 23.2 Å². The summed E-state index contributed by atoms with van der Waals surface area (Å²) in [6.45, 7) is 16.1. The van der Waals surface area contributed by atoms with E-state index in [2.05, 4.69) is 13.8 Å². The minimum absolute atomic E-state index is 0.0601. The van der Waals surface area contributed by atoms with Crippen molar-refractivity contribution >= 4 is 23.2 Å². The zero-order valence-corrected chi connectivity index (χ0v) is 25.8. The molecule has 0 unspecified atom stereocenters. The van der Waals surface area contributed by atoms with Crippen LogP contribution in [0.1, 0.15) is 72.2 Å². The van der Waals surface area contributed by atoms with Gasteiger partial charge in [-0.25, -0.2) is 0 Å². The van der Waals surface area contributed by atoms with Crippen molar-refractivity contribution in [3.05, 3.63) is 115 Å². The number of hydrogen-bond donors (Lipinski definition) is 4. The van der Waals surface area contributed by atoms with Gasteiger partial charge in [0.05, 0.1) is 10.0 Å². The van der Waals surface area contributed by atoms with E-state index >= 15 is 0 Å². The summed E-state index contributed by atoms with van der Waals surface area (Å²) in [5.41, 5.74) is 7.29. The highest BCUT2D eigenvalue weighted by Gasteiger charge is 2.26. The molecule has 0 heterocycles. The number of aromatic hydroxyl groups is 4. The quantitative estimate of drug-likeness (QED) is 0.194. The number of aryl methyl sites for hydroxylation is 4. The zero-order chi connectivity index (χ0) is 30.2. The lowest BCUT2D eigenvalue weighted by molar-refractivity contribution is 0.465. The van der Waals surface area contributed by atoms with Gasteiger partial charge in [-0.2, -0.15) is 0 Å². The summed E-state index contributed by atoms with van der Waals surface area (Å²) in [4.78, 5) is 0. The second kappa shape index (κ2) is 11.6. The van der Waals surface area contributed by atoms with Gasteiger partial charge < -0.3 is 20.4 Å². The van der Waals surface area contributed by atoms with Crippen molar-refractivity contribution in [1.82, 2.24) is 0 Å². The van der Waals surface area contributed by atoms with E-state index in [0.717, 1.165) is 33.4 Å². The normalized spacial score (nSPS) is 11.7. The highest BCUT2D eigenvalue weighted by molar-refractivity contribution is 6.32. The Kier molecular flexibility index (Phi) is 9.08. The molecule has 0 spiro atoms. The van der Waals surface area contributed by atoms with Gasteiger partial charge in [-0.1, -0.05) is 87.3 Å². The molecule has 4 nitrogen and oxygen atoms in total. The molecule has 4 aromatic carbocycles. The van der Waals surface area contributed by atoms with Crippen molar-refractivity contribution in [1.29, 1.82) is 0 Å². The molecule has 0 saturated heterocycles. The first-order chi connectivity index (χ1) is 18.5. The van der Waals surface area contributed by atoms with Crippen LogP contribution >= 0.6 is 23.2 Å². The molecular formula is C34H38Cl2O4. The fourth-order valence-corrected chi connectivity index (χ4v) is 5.12. The third kappa shape index (κ3) is 6.35. The molecule has 0 fully saturated rings. The molecule has 4 N–H and O–H groups in total. The summed E-state index contributed by atoms with van der Waals surface area (Å²) < 4.78 is 0. The molecule has 0 aliphatic carbocycles. The van der Waals surface area contributed by atoms with Gasteiger partial charge in [0.2, 0.25) is 0 Å². The molecule has 0 aliphatic rings. The van der Waals surface area contributed by atoms with Gasteiger partial charge in [0.1, 0.15) is 23.0 Å². The molecule has 4 rings (SSSR count). The van der Waals surface area contributed by atoms with Crippen LogP contribution in [0.25, 0.3) is 0 Å². The van der Waals surface area contributed by atoms with Gasteiger partial charge >= 0.3 is 0 Å². The Labute approximate surface area is 247 Å². The summed E-state index contributed by atoms with van der Waals surface area (Å²) in [5, 5.41) is 39.5.